The SMILES string of the molecule is CC(C)(C)CN1CCC[C@@]2(CCN(C(=O)C3CCOCC3)C2)C1=O. The Morgan fingerprint density at radius 1 is 1.21 bits per heavy atom. The van der Waals surface area contributed by atoms with Crippen molar-refractivity contribution < 1.29 is 14.3 Å². The monoisotopic (exact) mass is 336 g/mol. The van der Waals surface area contributed by atoms with Crippen LogP contribution in [-0.4, -0.2) is 61.0 Å². The summed E-state index contributed by atoms with van der Waals surface area (Å²) in [6, 6.07) is 0. The van der Waals surface area contributed by atoms with Crippen molar-refractivity contribution >= 4 is 11.8 Å². The zero-order chi connectivity index (χ0) is 17.4. The van der Waals surface area contributed by atoms with Gasteiger partial charge in [-0.1, -0.05) is 20.8 Å². The Bertz CT molecular complexity index is 493. The number of carbonyl (C=O) groups excluding carboxylic acids is 2. The zero-order valence-electron chi connectivity index (χ0n) is 15.5. The van der Waals surface area contributed by atoms with Gasteiger partial charge in [-0.25, -0.2) is 0 Å². The average Bonchev–Trinajstić information content (AvgIpc) is 2.96. The molecule has 0 bridgehead atoms. The quantitative estimate of drug-likeness (QED) is 0.777. The van der Waals surface area contributed by atoms with Crippen LogP contribution in [0, 0.1) is 16.7 Å². The Kier molecular flexibility index (Phi) is 4.92. The molecular formula is C19H32N2O3. The highest BCUT2D eigenvalue weighted by Crippen LogP contribution is 2.41. The number of likely N-dealkylation sites (tertiary alicyclic amines) is 2. The van der Waals surface area contributed by atoms with Crippen LogP contribution in [0.2, 0.25) is 0 Å². The van der Waals surface area contributed by atoms with Crippen LogP contribution in [0.1, 0.15) is 52.9 Å². The summed E-state index contributed by atoms with van der Waals surface area (Å²) in [6.45, 7) is 11.0. The van der Waals surface area contributed by atoms with Gasteiger partial charge in [0.1, 0.15) is 0 Å². The lowest BCUT2D eigenvalue weighted by Gasteiger charge is -2.42. The number of piperidine rings is 1. The fraction of sp³-hybridized carbons (Fsp3) is 0.895. The predicted octanol–water partition coefficient (Wildman–Crippen LogP) is 2.30. The second-order valence-corrected chi connectivity index (χ2v) is 9.07. The number of ether oxygens (including phenoxy) is 1. The molecule has 0 aromatic heterocycles. The molecule has 3 fully saturated rings. The summed E-state index contributed by atoms with van der Waals surface area (Å²) in [5.41, 5.74) is -0.200. The fourth-order valence-electron chi connectivity index (χ4n) is 4.52. The van der Waals surface area contributed by atoms with Crippen LogP contribution in [0.25, 0.3) is 0 Å². The molecule has 3 aliphatic heterocycles. The molecule has 24 heavy (non-hydrogen) atoms. The van der Waals surface area contributed by atoms with Crippen molar-refractivity contribution in [2.75, 3.05) is 39.4 Å². The van der Waals surface area contributed by atoms with Gasteiger partial charge in [0.25, 0.3) is 0 Å². The molecule has 0 unspecified atom stereocenters. The lowest BCUT2D eigenvalue weighted by Crippen LogP contribution is -2.52. The number of amides is 2. The molecule has 0 aromatic carbocycles. The molecule has 0 aromatic rings. The van der Waals surface area contributed by atoms with Crippen LogP contribution in [-0.2, 0) is 14.3 Å². The summed E-state index contributed by atoms with van der Waals surface area (Å²) < 4.78 is 5.37. The van der Waals surface area contributed by atoms with Gasteiger partial charge in [0.15, 0.2) is 0 Å². The van der Waals surface area contributed by atoms with Crippen molar-refractivity contribution in [3.05, 3.63) is 0 Å². The maximum atomic E-state index is 13.1. The first kappa shape index (κ1) is 17.7. The van der Waals surface area contributed by atoms with Gasteiger partial charge in [-0.2, -0.15) is 0 Å². The third-order valence-corrected chi connectivity index (χ3v) is 5.73. The second-order valence-electron chi connectivity index (χ2n) is 9.07. The molecule has 1 spiro atoms. The molecule has 0 radical (unpaired) electrons. The molecule has 0 saturated carbocycles. The summed E-state index contributed by atoms with van der Waals surface area (Å²) in [4.78, 5) is 29.9. The maximum Gasteiger partial charge on any atom is 0.230 e. The Hall–Kier alpha value is -1.10. The van der Waals surface area contributed by atoms with Crippen LogP contribution in [0.5, 0.6) is 0 Å². The lowest BCUT2D eigenvalue weighted by atomic mass is 9.77. The molecule has 0 N–H and O–H groups in total. The van der Waals surface area contributed by atoms with Crippen LogP contribution in [0.4, 0.5) is 0 Å². The zero-order valence-corrected chi connectivity index (χ0v) is 15.5. The Labute approximate surface area is 145 Å². The first-order valence-electron chi connectivity index (χ1n) is 9.47. The molecule has 3 heterocycles. The summed E-state index contributed by atoms with van der Waals surface area (Å²) in [6.07, 6.45) is 4.48. The smallest absolute Gasteiger partial charge is 0.230 e. The topological polar surface area (TPSA) is 49.9 Å². The standard InChI is InChI=1S/C19H32N2O3/c1-18(2,3)13-21-9-4-7-19(17(21)23)8-10-20(14-19)16(22)15-5-11-24-12-6-15/h15H,4-14H2,1-3H3/t19-/m0/s1. The molecule has 1 atom stereocenters. The molecular weight excluding hydrogens is 304 g/mol. The third kappa shape index (κ3) is 3.61. The highest BCUT2D eigenvalue weighted by atomic mass is 16.5. The van der Waals surface area contributed by atoms with Gasteiger partial charge in [-0.05, 0) is 37.5 Å². The number of hydrogen-bond donors (Lipinski definition) is 0. The minimum Gasteiger partial charge on any atom is -0.381 e. The number of nitrogens with zero attached hydrogens (tertiary/aromatic N) is 2. The van der Waals surface area contributed by atoms with Gasteiger partial charge in [0.05, 0.1) is 5.41 Å². The second kappa shape index (κ2) is 6.66. The normalized spacial score (nSPS) is 29.5. The molecule has 3 saturated heterocycles. The van der Waals surface area contributed by atoms with Gasteiger partial charge in [0.2, 0.25) is 11.8 Å². The van der Waals surface area contributed by atoms with Gasteiger partial charge < -0.3 is 14.5 Å². The van der Waals surface area contributed by atoms with Crippen molar-refractivity contribution in [3.63, 3.8) is 0 Å². The molecule has 5 nitrogen and oxygen atoms in total. The van der Waals surface area contributed by atoms with Crippen LogP contribution >= 0.6 is 0 Å². The first-order chi connectivity index (χ1) is 11.3. The molecule has 3 rings (SSSR count). The maximum absolute atomic E-state index is 13.1. The summed E-state index contributed by atoms with van der Waals surface area (Å²) >= 11 is 0. The first-order valence-corrected chi connectivity index (χ1v) is 9.47. The van der Waals surface area contributed by atoms with E-state index in [9.17, 15) is 9.59 Å². The van der Waals surface area contributed by atoms with E-state index < -0.39 is 0 Å². The lowest BCUT2D eigenvalue weighted by molar-refractivity contribution is -0.148. The average molecular weight is 336 g/mol. The van der Waals surface area contributed by atoms with Crippen molar-refractivity contribution in [2.45, 2.75) is 52.9 Å². The molecule has 0 aliphatic carbocycles. The van der Waals surface area contributed by atoms with E-state index in [1.165, 1.54) is 0 Å². The van der Waals surface area contributed by atoms with Crippen LogP contribution in [0.3, 0.4) is 0 Å². The minimum atomic E-state index is -0.315. The largest absolute Gasteiger partial charge is 0.381 e. The van der Waals surface area contributed by atoms with Crippen molar-refractivity contribution in [3.8, 4) is 0 Å². The fourth-order valence-corrected chi connectivity index (χ4v) is 4.52. The van der Waals surface area contributed by atoms with Gasteiger partial charge >= 0.3 is 0 Å². The van der Waals surface area contributed by atoms with Gasteiger partial charge in [0, 0.05) is 45.3 Å². The van der Waals surface area contributed by atoms with Crippen molar-refractivity contribution in [1.29, 1.82) is 0 Å². The third-order valence-electron chi connectivity index (χ3n) is 5.73. The van der Waals surface area contributed by atoms with E-state index in [1.54, 1.807) is 0 Å². The Balaban J connectivity index is 1.66. The van der Waals surface area contributed by atoms with Gasteiger partial charge in [-0.3, -0.25) is 9.59 Å². The van der Waals surface area contributed by atoms with E-state index in [2.05, 4.69) is 20.8 Å². The van der Waals surface area contributed by atoms with Gasteiger partial charge in [-0.15, -0.1) is 0 Å². The van der Waals surface area contributed by atoms with Crippen LogP contribution in [0.15, 0.2) is 0 Å². The van der Waals surface area contributed by atoms with E-state index in [0.717, 1.165) is 51.7 Å². The number of rotatable bonds is 2. The van der Waals surface area contributed by atoms with E-state index in [4.69, 9.17) is 4.74 Å². The molecule has 5 heteroatoms. The van der Waals surface area contributed by atoms with Crippen molar-refractivity contribution in [1.82, 2.24) is 9.80 Å². The Morgan fingerprint density at radius 2 is 1.92 bits per heavy atom. The van der Waals surface area contributed by atoms with E-state index in [0.29, 0.717) is 19.8 Å². The molecule has 136 valence electrons. The van der Waals surface area contributed by atoms with E-state index >= 15 is 0 Å². The highest BCUT2D eigenvalue weighted by molar-refractivity contribution is 5.86. The van der Waals surface area contributed by atoms with E-state index in [-0.39, 0.29) is 28.6 Å². The minimum absolute atomic E-state index is 0.0956. The summed E-state index contributed by atoms with van der Waals surface area (Å²) in [5.74, 6) is 0.625. The predicted molar refractivity (Wildman–Crippen MR) is 92.4 cm³/mol. The Morgan fingerprint density at radius 3 is 2.58 bits per heavy atom. The number of hydrogen-bond acceptors (Lipinski definition) is 3. The summed E-state index contributed by atoms with van der Waals surface area (Å²) in [7, 11) is 0. The molecule has 3 aliphatic rings. The van der Waals surface area contributed by atoms with Crippen LogP contribution < -0.4 is 0 Å². The van der Waals surface area contributed by atoms with Crippen molar-refractivity contribution in [2.24, 2.45) is 16.7 Å². The molecule has 2 amide bonds. The van der Waals surface area contributed by atoms with E-state index in [1.807, 2.05) is 9.80 Å². The highest BCUT2D eigenvalue weighted by Gasteiger charge is 2.50. The number of carbonyl (C=O) groups is 2. The summed E-state index contributed by atoms with van der Waals surface area (Å²) in [5, 5.41) is 0.